The van der Waals surface area contributed by atoms with Crippen molar-refractivity contribution in [3.05, 3.63) is 29.8 Å². The lowest BCUT2D eigenvalue weighted by molar-refractivity contribution is -0.137. The van der Waals surface area contributed by atoms with Gasteiger partial charge < -0.3 is 10.3 Å². The van der Waals surface area contributed by atoms with Gasteiger partial charge in [0.15, 0.2) is 0 Å². The number of alkyl halides is 3. The fraction of sp³-hybridized carbons (Fsp3) is 0.588. The summed E-state index contributed by atoms with van der Waals surface area (Å²) in [7, 11) is 0. The highest BCUT2D eigenvalue weighted by atomic mass is 19.4. The average Bonchev–Trinajstić information content (AvgIpc) is 2.47. The van der Waals surface area contributed by atoms with Crippen LogP contribution in [0.1, 0.15) is 51.0 Å². The van der Waals surface area contributed by atoms with Crippen molar-refractivity contribution < 1.29 is 13.2 Å². The predicted molar refractivity (Wildman–Crippen MR) is 83.7 cm³/mol. The number of halogens is 3. The Balaban J connectivity index is 2.11. The summed E-state index contributed by atoms with van der Waals surface area (Å²) in [5.74, 6) is 0. The maximum atomic E-state index is 12.7. The average molecular weight is 312 g/mol. The highest BCUT2D eigenvalue weighted by Crippen LogP contribution is 2.32. The molecule has 1 aromatic rings. The fourth-order valence-electron chi connectivity index (χ4n) is 3.08. The van der Waals surface area contributed by atoms with Gasteiger partial charge in [0.25, 0.3) is 0 Å². The topological polar surface area (TPSA) is 27.1 Å². The molecule has 2 nitrogen and oxygen atoms in total. The van der Waals surface area contributed by atoms with Crippen molar-refractivity contribution in [3.63, 3.8) is 0 Å². The van der Waals surface area contributed by atoms with Gasteiger partial charge in [0.05, 0.1) is 5.56 Å². The van der Waals surface area contributed by atoms with Gasteiger partial charge in [-0.25, -0.2) is 0 Å². The largest absolute Gasteiger partial charge is 0.416 e. The monoisotopic (exact) mass is 312 g/mol. The Morgan fingerprint density at radius 3 is 2.50 bits per heavy atom. The number of nitrogens with one attached hydrogen (secondary N) is 1. The molecule has 1 aliphatic rings. The van der Waals surface area contributed by atoms with Gasteiger partial charge in [-0.3, -0.25) is 0 Å². The number of piperidine rings is 1. The van der Waals surface area contributed by atoms with E-state index in [1.807, 2.05) is 0 Å². The molecule has 0 saturated carbocycles. The van der Waals surface area contributed by atoms with Crippen molar-refractivity contribution in [2.45, 2.75) is 57.7 Å². The number of nitrogens with zero attached hydrogens (tertiary/aromatic N) is 1. The molecular formula is C17H23F3N2. The molecule has 0 aliphatic carbocycles. The molecule has 1 aliphatic heterocycles. The van der Waals surface area contributed by atoms with Crippen molar-refractivity contribution in [3.8, 4) is 0 Å². The molecule has 0 spiro atoms. The summed E-state index contributed by atoms with van der Waals surface area (Å²) in [6.07, 6.45) is 1.38. The first-order valence-electron chi connectivity index (χ1n) is 7.92. The van der Waals surface area contributed by atoms with Gasteiger partial charge in [-0.15, -0.1) is 0 Å². The van der Waals surface area contributed by atoms with Gasteiger partial charge in [0, 0.05) is 30.4 Å². The van der Waals surface area contributed by atoms with Crippen LogP contribution in [0.3, 0.4) is 0 Å². The lowest BCUT2D eigenvalue weighted by Gasteiger charge is -2.38. The van der Waals surface area contributed by atoms with Crippen molar-refractivity contribution in [1.29, 1.82) is 5.41 Å². The van der Waals surface area contributed by atoms with Crippen molar-refractivity contribution in [2.75, 3.05) is 11.4 Å². The van der Waals surface area contributed by atoms with E-state index in [2.05, 4.69) is 11.8 Å². The molecule has 2 rings (SSSR count). The summed E-state index contributed by atoms with van der Waals surface area (Å²) in [6.45, 7) is 2.92. The third kappa shape index (κ3) is 4.24. The molecule has 0 bridgehead atoms. The van der Waals surface area contributed by atoms with Crippen LogP contribution in [0.25, 0.3) is 0 Å². The molecule has 22 heavy (non-hydrogen) atoms. The van der Waals surface area contributed by atoms with Crippen molar-refractivity contribution >= 4 is 11.4 Å². The molecule has 1 N–H and O–H groups in total. The fourth-order valence-corrected chi connectivity index (χ4v) is 3.08. The summed E-state index contributed by atoms with van der Waals surface area (Å²) in [4.78, 5) is 2.17. The third-order valence-electron chi connectivity index (χ3n) is 4.19. The second kappa shape index (κ2) is 7.16. The van der Waals surface area contributed by atoms with E-state index in [0.717, 1.165) is 68.6 Å². The highest BCUT2D eigenvalue weighted by Gasteiger charge is 2.31. The Bertz CT molecular complexity index is 494. The summed E-state index contributed by atoms with van der Waals surface area (Å²) in [5, 5.41) is 8.02. The van der Waals surface area contributed by atoms with Crippen LogP contribution in [0, 0.1) is 5.41 Å². The smallest absolute Gasteiger partial charge is 0.368 e. The molecule has 0 aromatic heterocycles. The molecule has 5 heteroatoms. The highest BCUT2D eigenvalue weighted by molar-refractivity contribution is 5.82. The predicted octanol–water partition coefficient (Wildman–Crippen LogP) is 5.27. The Morgan fingerprint density at radius 2 is 1.91 bits per heavy atom. The van der Waals surface area contributed by atoms with E-state index in [-0.39, 0.29) is 6.04 Å². The van der Waals surface area contributed by atoms with Crippen molar-refractivity contribution in [1.82, 2.24) is 0 Å². The summed E-state index contributed by atoms with van der Waals surface area (Å²) in [5.41, 5.74) is 0.969. The molecule has 0 radical (unpaired) electrons. The van der Waals surface area contributed by atoms with Gasteiger partial charge in [0.2, 0.25) is 0 Å². The zero-order chi connectivity index (χ0) is 16.2. The van der Waals surface area contributed by atoms with E-state index in [1.165, 1.54) is 0 Å². The molecule has 122 valence electrons. The third-order valence-corrected chi connectivity index (χ3v) is 4.19. The molecule has 1 atom stereocenters. The lowest BCUT2D eigenvalue weighted by Crippen LogP contribution is -2.40. The molecule has 1 saturated heterocycles. The van der Waals surface area contributed by atoms with Crippen LogP contribution in [0.4, 0.5) is 18.9 Å². The Labute approximate surface area is 129 Å². The van der Waals surface area contributed by atoms with E-state index < -0.39 is 11.7 Å². The summed E-state index contributed by atoms with van der Waals surface area (Å²) < 4.78 is 38.0. The molecule has 0 amide bonds. The second-order valence-corrected chi connectivity index (χ2v) is 5.95. The van der Waals surface area contributed by atoms with Crippen LogP contribution >= 0.6 is 0 Å². The first kappa shape index (κ1) is 16.8. The molecule has 1 fully saturated rings. The standard InChI is InChI=1S/C17H23F3N2/c1-2-5-14(21)12-16-6-3-4-11-22(16)15-9-7-13(8-10-15)17(18,19)20/h7-10,16,21H,2-6,11-12H2,1H3. The first-order chi connectivity index (χ1) is 10.4. The van der Waals surface area contributed by atoms with Gasteiger partial charge in [-0.1, -0.05) is 13.3 Å². The quantitative estimate of drug-likeness (QED) is 0.736. The van der Waals surface area contributed by atoms with Gasteiger partial charge >= 0.3 is 6.18 Å². The van der Waals surface area contributed by atoms with Crippen molar-refractivity contribution in [2.24, 2.45) is 0 Å². The van der Waals surface area contributed by atoms with Gasteiger partial charge in [0.1, 0.15) is 0 Å². The zero-order valence-corrected chi connectivity index (χ0v) is 12.9. The molecule has 1 unspecified atom stereocenters. The number of hydrogen-bond acceptors (Lipinski definition) is 2. The van der Waals surface area contributed by atoms with E-state index in [9.17, 15) is 13.2 Å². The molecule has 1 aromatic carbocycles. The first-order valence-corrected chi connectivity index (χ1v) is 7.92. The van der Waals surface area contributed by atoms with Gasteiger partial charge in [-0.05, 0) is 49.9 Å². The van der Waals surface area contributed by atoms with E-state index in [0.29, 0.717) is 0 Å². The summed E-state index contributed by atoms with van der Waals surface area (Å²) >= 11 is 0. The van der Waals surface area contributed by atoms with Crippen LogP contribution in [-0.4, -0.2) is 18.3 Å². The number of benzene rings is 1. The Kier molecular flexibility index (Phi) is 5.48. The summed E-state index contributed by atoms with van der Waals surface area (Å²) in [6, 6.07) is 5.66. The van der Waals surface area contributed by atoms with Crippen LogP contribution in [-0.2, 0) is 6.18 Å². The Hall–Kier alpha value is -1.52. The maximum Gasteiger partial charge on any atom is 0.416 e. The van der Waals surface area contributed by atoms with Crippen LogP contribution in [0.5, 0.6) is 0 Å². The van der Waals surface area contributed by atoms with Crippen LogP contribution in [0.15, 0.2) is 24.3 Å². The second-order valence-electron chi connectivity index (χ2n) is 5.95. The number of rotatable bonds is 5. The van der Waals surface area contributed by atoms with E-state index in [4.69, 9.17) is 5.41 Å². The van der Waals surface area contributed by atoms with Crippen LogP contribution in [0.2, 0.25) is 0 Å². The van der Waals surface area contributed by atoms with E-state index >= 15 is 0 Å². The number of anilines is 1. The van der Waals surface area contributed by atoms with E-state index in [1.54, 1.807) is 12.1 Å². The maximum absolute atomic E-state index is 12.7. The molecular weight excluding hydrogens is 289 g/mol. The Morgan fingerprint density at radius 1 is 1.23 bits per heavy atom. The normalized spacial score (nSPS) is 19.3. The minimum absolute atomic E-state index is 0.240. The van der Waals surface area contributed by atoms with Gasteiger partial charge in [-0.2, -0.15) is 13.2 Å². The molecule has 1 heterocycles. The minimum atomic E-state index is -4.29. The van der Waals surface area contributed by atoms with Crippen LogP contribution < -0.4 is 4.90 Å². The SMILES string of the molecule is CCCC(=N)CC1CCCCN1c1ccc(C(F)(F)F)cc1. The number of hydrogen-bond donors (Lipinski definition) is 1. The zero-order valence-electron chi connectivity index (χ0n) is 12.9. The lowest BCUT2D eigenvalue weighted by atomic mass is 9.95. The minimum Gasteiger partial charge on any atom is -0.368 e.